The van der Waals surface area contributed by atoms with Gasteiger partial charge in [-0.2, -0.15) is 9.97 Å². The minimum atomic E-state index is -0.114. The molecule has 0 aromatic carbocycles. The highest BCUT2D eigenvalue weighted by atomic mass is 16.5. The van der Waals surface area contributed by atoms with Gasteiger partial charge in [0.15, 0.2) is 11.6 Å². The van der Waals surface area contributed by atoms with Crippen LogP contribution in [0.15, 0.2) is 36.9 Å². The Morgan fingerprint density at radius 3 is 1.62 bits per heavy atom. The van der Waals surface area contributed by atoms with Crippen LogP contribution in [0.2, 0.25) is 0 Å². The summed E-state index contributed by atoms with van der Waals surface area (Å²) in [5, 5.41) is 8.73. The normalized spacial score (nSPS) is 10.1. The van der Waals surface area contributed by atoms with E-state index in [-0.39, 0.29) is 17.7 Å². The van der Waals surface area contributed by atoms with Crippen molar-refractivity contribution >= 4 is 7.69 Å². The molecule has 0 aliphatic rings. The number of hydrogen-bond donors (Lipinski definition) is 1. The first-order valence-electron chi connectivity index (χ1n) is 5.80. The minimum Gasteiger partial charge on any atom is -0.508 e. The van der Waals surface area contributed by atoms with Crippen LogP contribution in [0.25, 0.3) is 23.3 Å². The summed E-state index contributed by atoms with van der Waals surface area (Å²) in [7, 11) is 0.473. The fourth-order valence-corrected chi connectivity index (χ4v) is 1.49. The second kappa shape index (κ2) is 5.97. The lowest BCUT2D eigenvalue weighted by Crippen LogP contribution is -2.08. The maximum Gasteiger partial charge on any atom is 0.571 e. The molecule has 10 heteroatoms. The van der Waals surface area contributed by atoms with E-state index >= 15 is 0 Å². The minimum absolute atomic E-state index is 0.114. The summed E-state index contributed by atoms with van der Waals surface area (Å²) >= 11 is 0. The molecule has 21 heavy (non-hydrogen) atoms. The molecule has 0 aliphatic carbocycles. The van der Waals surface area contributed by atoms with Crippen LogP contribution in [0.1, 0.15) is 0 Å². The first-order valence-corrected chi connectivity index (χ1v) is 5.80. The van der Waals surface area contributed by atoms with E-state index in [0.29, 0.717) is 19.3 Å². The molecule has 0 saturated carbocycles. The fourth-order valence-electron chi connectivity index (χ4n) is 1.49. The molecule has 3 aromatic rings. The van der Waals surface area contributed by atoms with Crippen molar-refractivity contribution in [2.45, 2.75) is 0 Å². The summed E-state index contributed by atoms with van der Waals surface area (Å²) < 4.78 is 4.79. The Hall–Kier alpha value is -3.01. The Morgan fingerprint density at radius 1 is 0.714 bits per heavy atom. The van der Waals surface area contributed by atoms with E-state index in [2.05, 4.69) is 34.9 Å². The Kier molecular flexibility index (Phi) is 3.69. The van der Waals surface area contributed by atoms with E-state index in [9.17, 15) is 0 Å². The van der Waals surface area contributed by atoms with Gasteiger partial charge in [-0.05, 0) is 12.1 Å². The third kappa shape index (κ3) is 2.95. The van der Waals surface area contributed by atoms with Gasteiger partial charge in [-0.3, -0.25) is 0 Å². The predicted octanol–water partition coefficient (Wildman–Crippen LogP) is -0.309. The van der Waals surface area contributed by atoms with Crippen LogP contribution >= 0.6 is 0 Å². The van der Waals surface area contributed by atoms with Gasteiger partial charge < -0.3 is 9.68 Å². The van der Waals surface area contributed by atoms with Crippen LogP contribution in [0, 0.1) is 0 Å². The van der Waals surface area contributed by atoms with Gasteiger partial charge in [-0.25, -0.2) is 24.9 Å². The molecule has 101 valence electrons. The molecule has 1 N–H and O–H groups in total. The molecule has 0 fully saturated rings. The molecule has 9 nitrogen and oxygen atoms in total. The first kappa shape index (κ1) is 13.0. The average Bonchev–Trinajstić information content (AvgIpc) is 2.56. The fraction of sp³-hybridized carbons (Fsp3) is 0. The molecule has 0 aliphatic heterocycles. The first-order chi connectivity index (χ1) is 10.4. The smallest absolute Gasteiger partial charge is 0.508 e. The van der Waals surface area contributed by atoms with Crippen LogP contribution in [0.5, 0.6) is 6.01 Å². The van der Waals surface area contributed by atoms with Gasteiger partial charge in [-0.1, -0.05) is 0 Å². The molecule has 0 spiro atoms. The zero-order valence-corrected chi connectivity index (χ0v) is 10.5. The van der Waals surface area contributed by atoms with E-state index in [1.54, 1.807) is 36.9 Å². The van der Waals surface area contributed by atoms with Crippen molar-refractivity contribution < 1.29 is 9.68 Å². The molecular formula is C11H7BN7O2. The van der Waals surface area contributed by atoms with Gasteiger partial charge >= 0.3 is 13.7 Å². The van der Waals surface area contributed by atoms with Crippen LogP contribution in [-0.4, -0.2) is 47.6 Å². The summed E-state index contributed by atoms with van der Waals surface area (Å²) in [4.78, 5) is 28.4. The molecule has 0 atom stereocenters. The van der Waals surface area contributed by atoms with E-state index in [0.717, 1.165) is 0 Å². The summed E-state index contributed by atoms with van der Waals surface area (Å²) in [5.41, 5.74) is 0. The molecule has 0 amide bonds. The standard InChI is InChI=1S/C11H7BN7O2/c20-12-21-11-18-9(7-13-3-1-4-14-7)17-10(19-11)8-15-5-2-6-16-8/h1-6,20H. The van der Waals surface area contributed by atoms with Gasteiger partial charge in [-0.15, -0.1) is 0 Å². The second-order valence-corrected chi connectivity index (χ2v) is 3.63. The average molecular weight is 280 g/mol. The zero-order valence-electron chi connectivity index (χ0n) is 10.5. The van der Waals surface area contributed by atoms with Crippen LogP contribution in [0.4, 0.5) is 0 Å². The number of rotatable bonds is 4. The van der Waals surface area contributed by atoms with Crippen molar-refractivity contribution in [3.05, 3.63) is 36.9 Å². The maximum atomic E-state index is 8.73. The lowest BCUT2D eigenvalue weighted by Gasteiger charge is -2.05. The van der Waals surface area contributed by atoms with E-state index in [1.165, 1.54) is 0 Å². The molecule has 3 aromatic heterocycles. The summed E-state index contributed by atoms with van der Waals surface area (Å²) in [5.74, 6) is 0.953. The number of hydrogen-bond acceptors (Lipinski definition) is 9. The summed E-state index contributed by atoms with van der Waals surface area (Å²) in [6.45, 7) is 0. The lowest BCUT2D eigenvalue weighted by molar-refractivity contribution is 0.430. The van der Waals surface area contributed by atoms with Crippen molar-refractivity contribution in [3.63, 3.8) is 0 Å². The van der Waals surface area contributed by atoms with Crippen LogP contribution in [0.3, 0.4) is 0 Å². The highest BCUT2D eigenvalue weighted by molar-refractivity contribution is 6.17. The number of nitrogens with zero attached hydrogens (tertiary/aromatic N) is 7. The van der Waals surface area contributed by atoms with Crippen molar-refractivity contribution in [2.75, 3.05) is 0 Å². The highest BCUT2D eigenvalue weighted by Gasteiger charge is 2.14. The van der Waals surface area contributed by atoms with E-state index in [4.69, 9.17) is 9.68 Å². The van der Waals surface area contributed by atoms with Crippen molar-refractivity contribution in [3.8, 4) is 29.3 Å². The van der Waals surface area contributed by atoms with Gasteiger partial charge in [0.1, 0.15) is 0 Å². The Balaban J connectivity index is 2.11. The molecular weight excluding hydrogens is 273 g/mol. The van der Waals surface area contributed by atoms with Gasteiger partial charge in [0.25, 0.3) is 0 Å². The second-order valence-electron chi connectivity index (χ2n) is 3.63. The Morgan fingerprint density at radius 2 is 1.19 bits per heavy atom. The Bertz CT molecular complexity index is 671. The third-order valence-corrected chi connectivity index (χ3v) is 2.30. The van der Waals surface area contributed by atoms with Crippen molar-refractivity contribution in [2.24, 2.45) is 0 Å². The highest BCUT2D eigenvalue weighted by Crippen LogP contribution is 2.16. The van der Waals surface area contributed by atoms with Crippen LogP contribution < -0.4 is 4.65 Å². The number of aromatic nitrogens is 7. The molecule has 3 rings (SSSR count). The summed E-state index contributed by atoms with van der Waals surface area (Å²) in [6.07, 6.45) is 6.24. The largest absolute Gasteiger partial charge is 0.571 e. The summed E-state index contributed by atoms with van der Waals surface area (Å²) in [6, 6.07) is 3.23. The Labute approximate surface area is 119 Å². The molecule has 3 heterocycles. The van der Waals surface area contributed by atoms with Crippen molar-refractivity contribution in [1.29, 1.82) is 0 Å². The van der Waals surface area contributed by atoms with Gasteiger partial charge in [0.2, 0.25) is 11.6 Å². The van der Waals surface area contributed by atoms with Gasteiger partial charge in [0, 0.05) is 24.8 Å². The molecule has 1 radical (unpaired) electrons. The van der Waals surface area contributed by atoms with E-state index < -0.39 is 0 Å². The third-order valence-electron chi connectivity index (χ3n) is 2.30. The monoisotopic (exact) mass is 280 g/mol. The maximum absolute atomic E-state index is 8.73. The topological polar surface area (TPSA) is 120 Å². The predicted molar refractivity (Wildman–Crippen MR) is 70.5 cm³/mol. The molecule has 0 bridgehead atoms. The quantitative estimate of drug-likeness (QED) is 0.641. The molecule has 0 unspecified atom stereocenters. The SMILES string of the molecule is O[B]Oc1nc(-c2ncccn2)nc(-c2ncccn2)n1. The molecule has 0 saturated heterocycles. The van der Waals surface area contributed by atoms with Crippen LogP contribution in [-0.2, 0) is 0 Å². The van der Waals surface area contributed by atoms with Crippen molar-refractivity contribution in [1.82, 2.24) is 34.9 Å². The van der Waals surface area contributed by atoms with E-state index in [1.807, 2.05) is 0 Å². The zero-order chi connectivity index (χ0) is 14.5. The van der Waals surface area contributed by atoms with Gasteiger partial charge in [0.05, 0.1) is 0 Å². The lowest BCUT2D eigenvalue weighted by atomic mass is 10.4.